The highest BCUT2D eigenvalue weighted by atomic mass is 35.5. The summed E-state index contributed by atoms with van der Waals surface area (Å²) in [6.45, 7) is 4.72. The fourth-order valence-electron chi connectivity index (χ4n) is 4.11. The second-order valence-corrected chi connectivity index (χ2v) is 8.27. The first-order valence-electron chi connectivity index (χ1n) is 10.6. The zero-order chi connectivity index (χ0) is 22.0. The average molecular weight is 433 g/mol. The van der Waals surface area contributed by atoms with E-state index < -0.39 is 0 Å². The molecular formula is C26H25ClN2O2. The van der Waals surface area contributed by atoms with Crippen LogP contribution in [0.25, 0.3) is 0 Å². The molecule has 0 aromatic heterocycles. The molecule has 0 saturated heterocycles. The molecule has 1 N–H and O–H groups in total. The van der Waals surface area contributed by atoms with E-state index in [1.54, 1.807) is 35.2 Å². The molecule has 0 spiro atoms. The molecule has 31 heavy (non-hydrogen) atoms. The number of hydrogen-bond donors (Lipinski definition) is 1. The Balaban J connectivity index is 1.60. The van der Waals surface area contributed by atoms with Crippen LogP contribution in [0.15, 0.2) is 60.7 Å². The summed E-state index contributed by atoms with van der Waals surface area (Å²) >= 11 is 6.07. The van der Waals surface area contributed by atoms with Crippen LogP contribution in [0.3, 0.4) is 0 Å². The molecule has 4 rings (SSSR count). The molecule has 0 radical (unpaired) electrons. The predicted molar refractivity (Wildman–Crippen MR) is 126 cm³/mol. The summed E-state index contributed by atoms with van der Waals surface area (Å²) in [7, 11) is 0. The van der Waals surface area contributed by atoms with Gasteiger partial charge in [0.25, 0.3) is 11.8 Å². The molecule has 0 fully saturated rings. The van der Waals surface area contributed by atoms with Crippen LogP contribution in [0, 0.1) is 6.92 Å². The van der Waals surface area contributed by atoms with Gasteiger partial charge in [-0.05, 0) is 79.3 Å². The van der Waals surface area contributed by atoms with Gasteiger partial charge in [-0.2, -0.15) is 0 Å². The minimum atomic E-state index is -0.134. The molecule has 0 bridgehead atoms. The van der Waals surface area contributed by atoms with E-state index in [2.05, 4.69) is 12.2 Å². The molecule has 0 unspecified atom stereocenters. The van der Waals surface area contributed by atoms with Gasteiger partial charge in [0.15, 0.2) is 0 Å². The minimum Gasteiger partial charge on any atom is -0.321 e. The van der Waals surface area contributed by atoms with Crippen molar-refractivity contribution in [3.05, 3.63) is 93.5 Å². The SMILES string of the molecule is CCc1cccc(C)c1NC(=O)c1ccc2c(c1)CCCN2C(=O)c1cccc(Cl)c1. The predicted octanol–water partition coefficient (Wildman–Crippen LogP) is 6.06. The molecule has 3 aromatic carbocycles. The molecule has 2 amide bonds. The average Bonchev–Trinajstić information content (AvgIpc) is 2.79. The lowest BCUT2D eigenvalue weighted by molar-refractivity contribution is 0.0984. The van der Waals surface area contributed by atoms with Gasteiger partial charge in [0.2, 0.25) is 0 Å². The summed E-state index contributed by atoms with van der Waals surface area (Å²) in [5.41, 5.74) is 6.07. The molecule has 0 saturated carbocycles. The summed E-state index contributed by atoms with van der Waals surface area (Å²) in [5, 5.41) is 3.62. The van der Waals surface area contributed by atoms with Crippen LogP contribution in [0.1, 0.15) is 50.8 Å². The van der Waals surface area contributed by atoms with Crippen LogP contribution in [-0.2, 0) is 12.8 Å². The molecule has 5 heteroatoms. The van der Waals surface area contributed by atoms with Gasteiger partial charge in [-0.1, -0.05) is 42.8 Å². The van der Waals surface area contributed by atoms with Crippen LogP contribution in [-0.4, -0.2) is 18.4 Å². The largest absolute Gasteiger partial charge is 0.321 e. The maximum Gasteiger partial charge on any atom is 0.258 e. The number of carbonyl (C=O) groups is 2. The number of aryl methyl sites for hydroxylation is 3. The Labute approximate surface area is 187 Å². The van der Waals surface area contributed by atoms with Crippen molar-refractivity contribution in [3.8, 4) is 0 Å². The highest BCUT2D eigenvalue weighted by molar-refractivity contribution is 6.31. The van der Waals surface area contributed by atoms with Crippen LogP contribution in [0.2, 0.25) is 5.02 Å². The van der Waals surface area contributed by atoms with E-state index in [4.69, 9.17) is 11.6 Å². The summed E-state index contributed by atoms with van der Waals surface area (Å²) in [5.74, 6) is -0.210. The Hall–Kier alpha value is -3.11. The van der Waals surface area contributed by atoms with E-state index in [-0.39, 0.29) is 11.8 Å². The molecule has 3 aromatic rings. The highest BCUT2D eigenvalue weighted by Gasteiger charge is 2.25. The standard InChI is InChI=1S/C26H25ClN2O2/c1-3-18-8-4-7-17(2)24(18)28-25(30)20-12-13-23-19(15-20)10-6-14-29(23)26(31)21-9-5-11-22(27)16-21/h4-5,7-9,11-13,15-16H,3,6,10,14H2,1-2H3,(H,28,30). The van der Waals surface area contributed by atoms with Gasteiger partial charge >= 0.3 is 0 Å². The number of nitrogens with zero attached hydrogens (tertiary/aromatic N) is 1. The summed E-state index contributed by atoms with van der Waals surface area (Å²) in [6.07, 6.45) is 2.53. The molecular weight excluding hydrogens is 408 g/mol. The Morgan fingerprint density at radius 3 is 2.61 bits per heavy atom. The fourth-order valence-corrected chi connectivity index (χ4v) is 4.30. The van der Waals surface area contributed by atoms with Crippen LogP contribution < -0.4 is 10.2 Å². The molecule has 1 aliphatic rings. The maximum absolute atomic E-state index is 13.1. The van der Waals surface area contributed by atoms with Crippen molar-refractivity contribution in [3.63, 3.8) is 0 Å². The van der Waals surface area contributed by atoms with Gasteiger partial charge in [-0.15, -0.1) is 0 Å². The van der Waals surface area contributed by atoms with Crippen molar-refractivity contribution in [2.24, 2.45) is 0 Å². The van der Waals surface area contributed by atoms with Gasteiger partial charge in [-0.25, -0.2) is 0 Å². The first-order chi connectivity index (χ1) is 15.0. The Bertz CT molecular complexity index is 1160. The number of para-hydroxylation sites is 1. The van der Waals surface area contributed by atoms with Crippen molar-refractivity contribution in [2.75, 3.05) is 16.8 Å². The number of benzene rings is 3. The fraction of sp³-hybridized carbons (Fsp3) is 0.231. The molecule has 158 valence electrons. The number of fused-ring (bicyclic) bond motifs is 1. The first kappa shape index (κ1) is 21.1. The van der Waals surface area contributed by atoms with Crippen LogP contribution >= 0.6 is 11.6 Å². The monoisotopic (exact) mass is 432 g/mol. The van der Waals surface area contributed by atoms with Gasteiger partial charge in [0, 0.05) is 34.1 Å². The van der Waals surface area contributed by atoms with E-state index in [1.165, 1.54) is 0 Å². The lowest BCUT2D eigenvalue weighted by Crippen LogP contribution is -2.35. The molecule has 0 aliphatic carbocycles. The minimum absolute atomic E-state index is 0.0758. The second kappa shape index (κ2) is 8.94. The number of nitrogens with one attached hydrogen (secondary N) is 1. The van der Waals surface area contributed by atoms with Crippen LogP contribution in [0.4, 0.5) is 11.4 Å². The highest BCUT2D eigenvalue weighted by Crippen LogP contribution is 2.30. The lowest BCUT2D eigenvalue weighted by Gasteiger charge is -2.30. The third-order valence-electron chi connectivity index (χ3n) is 5.76. The third-order valence-corrected chi connectivity index (χ3v) is 5.99. The van der Waals surface area contributed by atoms with Crippen LogP contribution in [0.5, 0.6) is 0 Å². The van der Waals surface area contributed by atoms with Gasteiger partial charge in [-0.3, -0.25) is 9.59 Å². The number of hydrogen-bond acceptors (Lipinski definition) is 2. The van der Waals surface area contributed by atoms with E-state index in [9.17, 15) is 9.59 Å². The molecule has 1 heterocycles. The Morgan fingerprint density at radius 2 is 1.84 bits per heavy atom. The topological polar surface area (TPSA) is 49.4 Å². The van der Waals surface area contributed by atoms with E-state index in [1.807, 2.05) is 37.3 Å². The van der Waals surface area contributed by atoms with Crippen molar-refractivity contribution in [1.82, 2.24) is 0 Å². The van der Waals surface area contributed by atoms with E-state index in [0.717, 1.165) is 47.3 Å². The summed E-state index contributed by atoms with van der Waals surface area (Å²) in [4.78, 5) is 27.8. The summed E-state index contributed by atoms with van der Waals surface area (Å²) < 4.78 is 0. The molecule has 1 aliphatic heterocycles. The first-order valence-corrected chi connectivity index (χ1v) is 11.0. The number of rotatable bonds is 4. The number of amides is 2. The Kier molecular flexibility index (Phi) is 6.10. The van der Waals surface area contributed by atoms with Crippen molar-refractivity contribution < 1.29 is 9.59 Å². The number of halogens is 1. The van der Waals surface area contributed by atoms with E-state index >= 15 is 0 Å². The second-order valence-electron chi connectivity index (χ2n) is 7.83. The van der Waals surface area contributed by atoms with Crippen molar-refractivity contribution >= 4 is 34.8 Å². The van der Waals surface area contributed by atoms with Crippen molar-refractivity contribution in [2.45, 2.75) is 33.1 Å². The maximum atomic E-state index is 13.1. The summed E-state index contributed by atoms with van der Waals surface area (Å²) in [6, 6.07) is 18.6. The zero-order valence-electron chi connectivity index (χ0n) is 17.7. The third kappa shape index (κ3) is 4.35. The Morgan fingerprint density at radius 1 is 1.03 bits per heavy atom. The number of anilines is 2. The van der Waals surface area contributed by atoms with Crippen molar-refractivity contribution in [1.29, 1.82) is 0 Å². The normalized spacial score (nSPS) is 12.9. The quantitative estimate of drug-likeness (QED) is 0.545. The number of carbonyl (C=O) groups excluding carboxylic acids is 2. The van der Waals surface area contributed by atoms with E-state index in [0.29, 0.717) is 22.7 Å². The van der Waals surface area contributed by atoms with Gasteiger partial charge < -0.3 is 10.2 Å². The van der Waals surface area contributed by atoms with Gasteiger partial charge in [0.05, 0.1) is 0 Å². The molecule has 4 nitrogen and oxygen atoms in total. The molecule has 0 atom stereocenters. The lowest BCUT2D eigenvalue weighted by atomic mass is 9.97. The smallest absolute Gasteiger partial charge is 0.258 e. The van der Waals surface area contributed by atoms with Gasteiger partial charge in [0.1, 0.15) is 0 Å². The zero-order valence-corrected chi connectivity index (χ0v) is 18.5.